The van der Waals surface area contributed by atoms with E-state index in [0.29, 0.717) is 60.7 Å². The lowest BCUT2D eigenvalue weighted by molar-refractivity contribution is -0.116. The maximum atomic E-state index is 12.4. The molecule has 0 spiro atoms. The van der Waals surface area contributed by atoms with Crippen molar-refractivity contribution in [3.63, 3.8) is 0 Å². The first kappa shape index (κ1) is 17.1. The number of aryl methyl sites for hydroxylation is 1. The van der Waals surface area contributed by atoms with Crippen LogP contribution in [-0.2, 0) is 11.3 Å². The van der Waals surface area contributed by atoms with E-state index in [1.807, 2.05) is 18.2 Å². The Hall–Kier alpha value is -3.35. The number of rotatable bonds is 5. The molecule has 0 saturated heterocycles. The van der Waals surface area contributed by atoms with Crippen molar-refractivity contribution < 1.29 is 14.3 Å². The van der Waals surface area contributed by atoms with Crippen LogP contribution in [0.15, 0.2) is 53.6 Å². The number of nitrogens with one attached hydrogen (secondary N) is 1. The summed E-state index contributed by atoms with van der Waals surface area (Å²) in [4.78, 5) is 28.9. The van der Waals surface area contributed by atoms with Crippen LogP contribution in [0.2, 0.25) is 0 Å². The molecule has 0 radical (unpaired) electrons. The highest BCUT2D eigenvalue weighted by atomic mass is 16.6. The molecule has 0 atom stereocenters. The quantitative estimate of drug-likeness (QED) is 0.751. The first-order valence-electron chi connectivity index (χ1n) is 8.84. The largest absolute Gasteiger partial charge is 0.486 e. The van der Waals surface area contributed by atoms with Gasteiger partial charge >= 0.3 is 0 Å². The van der Waals surface area contributed by atoms with Gasteiger partial charge in [0, 0.05) is 24.7 Å². The molecular formula is C20H19N3O4. The fourth-order valence-electron chi connectivity index (χ4n) is 3.02. The second-order valence-electron chi connectivity index (χ2n) is 6.27. The number of amides is 1. The van der Waals surface area contributed by atoms with Gasteiger partial charge in [0.05, 0.1) is 17.2 Å². The summed E-state index contributed by atoms with van der Waals surface area (Å²) in [5.74, 6) is 1.20. The molecular weight excluding hydrogens is 346 g/mol. The number of carbonyl (C=O) groups is 1. The number of benzene rings is 2. The molecule has 1 N–H and O–H groups in total. The average Bonchev–Trinajstić information content (AvgIpc) is 2.70. The summed E-state index contributed by atoms with van der Waals surface area (Å²) < 4.78 is 12.5. The summed E-state index contributed by atoms with van der Waals surface area (Å²) in [5, 5.41) is 3.43. The highest BCUT2D eigenvalue weighted by Crippen LogP contribution is 2.32. The van der Waals surface area contributed by atoms with Crippen molar-refractivity contribution >= 4 is 22.5 Å². The Balaban J connectivity index is 1.35. The number of hydrogen-bond donors (Lipinski definition) is 1. The van der Waals surface area contributed by atoms with Crippen LogP contribution in [0.25, 0.3) is 10.9 Å². The molecule has 138 valence electrons. The lowest BCUT2D eigenvalue weighted by Gasteiger charge is -2.19. The van der Waals surface area contributed by atoms with Crippen molar-refractivity contribution in [3.8, 4) is 11.5 Å². The van der Waals surface area contributed by atoms with Gasteiger partial charge in [0.2, 0.25) is 5.91 Å². The van der Waals surface area contributed by atoms with Gasteiger partial charge in [-0.25, -0.2) is 4.98 Å². The Morgan fingerprint density at radius 3 is 2.81 bits per heavy atom. The molecule has 1 aliphatic heterocycles. The Morgan fingerprint density at radius 2 is 1.93 bits per heavy atom. The number of carbonyl (C=O) groups excluding carboxylic acids is 1. The van der Waals surface area contributed by atoms with Crippen molar-refractivity contribution in [1.29, 1.82) is 0 Å². The van der Waals surface area contributed by atoms with E-state index in [-0.39, 0.29) is 11.5 Å². The molecule has 4 rings (SSSR count). The molecule has 0 fully saturated rings. The summed E-state index contributed by atoms with van der Waals surface area (Å²) >= 11 is 0. The smallest absolute Gasteiger partial charge is 0.261 e. The van der Waals surface area contributed by atoms with E-state index in [9.17, 15) is 9.59 Å². The molecule has 0 bridgehead atoms. The zero-order chi connectivity index (χ0) is 18.6. The first-order valence-corrected chi connectivity index (χ1v) is 8.84. The van der Waals surface area contributed by atoms with Gasteiger partial charge in [-0.1, -0.05) is 12.1 Å². The summed E-state index contributed by atoms with van der Waals surface area (Å²) in [7, 11) is 0. The number of fused-ring (bicyclic) bond motifs is 2. The number of ether oxygens (including phenoxy) is 2. The third-order valence-corrected chi connectivity index (χ3v) is 4.36. The van der Waals surface area contributed by atoms with Gasteiger partial charge in [0.15, 0.2) is 11.5 Å². The Morgan fingerprint density at radius 1 is 1.11 bits per heavy atom. The van der Waals surface area contributed by atoms with Crippen LogP contribution in [0.3, 0.4) is 0 Å². The highest BCUT2D eigenvalue weighted by molar-refractivity contribution is 5.91. The van der Waals surface area contributed by atoms with Crippen LogP contribution >= 0.6 is 0 Å². The van der Waals surface area contributed by atoms with Crippen molar-refractivity contribution in [2.24, 2.45) is 0 Å². The molecule has 27 heavy (non-hydrogen) atoms. The predicted molar refractivity (Wildman–Crippen MR) is 101 cm³/mol. The zero-order valence-corrected chi connectivity index (χ0v) is 14.7. The molecule has 1 aliphatic rings. The van der Waals surface area contributed by atoms with Crippen molar-refractivity contribution in [3.05, 3.63) is 59.1 Å². The van der Waals surface area contributed by atoms with Gasteiger partial charge in [-0.15, -0.1) is 0 Å². The van der Waals surface area contributed by atoms with Crippen LogP contribution in [-0.4, -0.2) is 28.7 Å². The van der Waals surface area contributed by atoms with E-state index >= 15 is 0 Å². The van der Waals surface area contributed by atoms with Crippen LogP contribution in [0.5, 0.6) is 11.5 Å². The van der Waals surface area contributed by atoms with Gasteiger partial charge < -0.3 is 14.8 Å². The van der Waals surface area contributed by atoms with Crippen LogP contribution in [0.1, 0.15) is 12.8 Å². The predicted octanol–water partition coefficient (Wildman–Crippen LogP) is 2.59. The first-order chi connectivity index (χ1) is 13.2. The van der Waals surface area contributed by atoms with E-state index in [0.717, 1.165) is 0 Å². The lowest BCUT2D eigenvalue weighted by Crippen LogP contribution is -2.21. The molecule has 7 nitrogen and oxygen atoms in total. The van der Waals surface area contributed by atoms with Crippen LogP contribution in [0, 0.1) is 0 Å². The summed E-state index contributed by atoms with van der Waals surface area (Å²) in [6.45, 7) is 1.46. The third kappa shape index (κ3) is 3.76. The minimum Gasteiger partial charge on any atom is -0.486 e. The van der Waals surface area contributed by atoms with Crippen LogP contribution in [0.4, 0.5) is 5.69 Å². The average molecular weight is 365 g/mol. The normalized spacial score (nSPS) is 12.7. The molecule has 0 saturated carbocycles. The Bertz CT molecular complexity index is 1040. The Kier molecular flexibility index (Phi) is 4.74. The van der Waals surface area contributed by atoms with Gasteiger partial charge in [-0.05, 0) is 30.7 Å². The van der Waals surface area contributed by atoms with E-state index in [4.69, 9.17) is 9.47 Å². The molecule has 3 aromatic rings. The standard InChI is InChI=1S/C20H19N3O4/c24-19(22-14-7-8-17-18(12-14)27-11-10-26-17)6-3-9-23-13-21-16-5-2-1-4-15(16)20(23)25/h1-2,4-5,7-8,12-13H,3,6,9-11H2,(H,22,24). The monoisotopic (exact) mass is 365 g/mol. The number of anilines is 1. The van der Waals surface area contributed by atoms with Crippen molar-refractivity contribution in [2.45, 2.75) is 19.4 Å². The lowest BCUT2D eigenvalue weighted by atomic mass is 10.2. The molecule has 1 aromatic heterocycles. The molecule has 7 heteroatoms. The molecule has 0 unspecified atom stereocenters. The van der Waals surface area contributed by atoms with E-state index in [1.54, 1.807) is 28.8 Å². The van der Waals surface area contributed by atoms with Crippen LogP contribution < -0.4 is 20.3 Å². The third-order valence-electron chi connectivity index (χ3n) is 4.36. The maximum absolute atomic E-state index is 12.4. The van der Waals surface area contributed by atoms with Crippen molar-refractivity contribution in [1.82, 2.24) is 9.55 Å². The SMILES string of the molecule is O=C(CCCn1cnc2ccccc2c1=O)Nc1ccc2c(c1)OCCO2. The summed E-state index contributed by atoms with van der Waals surface area (Å²) in [5.41, 5.74) is 1.25. The number of para-hydroxylation sites is 1. The zero-order valence-electron chi connectivity index (χ0n) is 14.7. The second kappa shape index (κ2) is 7.49. The molecule has 0 aliphatic carbocycles. The fraction of sp³-hybridized carbons (Fsp3) is 0.250. The Labute approximate surface area is 155 Å². The number of hydrogen-bond acceptors (Lipinski definition) is 5. The van der Waals surface area contributed by atoms with E-state index in [2.05, 4.69) is 10.3 Å². The second-order valence-corrected chi connectivity index (χ2v) is 6.27. The summed E-state index contributed by atoms with van der Waals surface area (Å²) in [6, 6.07) is 12.5. The fourth-order valence-corrected chi connectivity index (χ4v) is 3.02. The van der Waals surface area contributed by atoms with E-state index in [1.165, 1.54) is 6.33 Å². The minimum absolute atomic E-state index is 0.0900. The molecule has 2 heterocycles. The van der Waals surface area contributed by atoms with Gasteiger partial charge in [-0.3, -0.25) is 14.2 Å². The molecule has 1 amide bonds. The molecule has 2 aromatic carbocycles. The van der Waals surface area contributed by atoms with Gasteiger partial charge in [0.1, 0.15) is 13.2 Å². The van der Waals surface area contributed by atoms with E-state index < -0.39 is 0 Å². The number of nitrogens with zero attached hydrogens (tertiary/aromatic N) is 2. The summed E-state index contributed by atoms with van der Waals surface area (Å²) in [6.07, 6.45) is 2.37. The number of aromatic nitrogens is 2. The van der Waals surface area contributed by atoms with Gasteiger partial charge in [-0.2, -0.15) is 0 Å². The van der Waals surface area contributed by atoms with Crippen molar-refractivity contribution in [2.75, 3.05) is 18.5 Å². The highest BCUT2D eigenvalue weighted by Gasteiger charge is 2.13. The minimum atomic E-state index is -0.117. The van der Waals surface area contributed by atoms with Gasteiger partial charge in [0.25, 0.3) is 5.56 Å². The maximum Gasteiger partial charge on any atom is 0.261 e. The topological polar surface area (TPSA) is 82.5 Å².